The number of aromatic nitrogens is 3. The maximum atomic E-state index is 5.93. The van der Waals surface area contributed by atoms with Gasteiger partial charge in [0, 0.05) is 55.9 Å². The van der Waals surface area contributed by atoms with Crippen molar-refractivity contribution in [3.63, 3.8) is 0 Å². The number of fused-ring (bicyclic) bond motifs is 1. The number of anilines is 1. The van der Waals surface area contributed by atoms with Crippen LogP contribution >= 0.6 is 11.8 Å². The largest absolute Gasteiger partial charge is 0.382 e. The average molecular weight is 384 g/mol. The lowest BCUT2D eigenvalue weighted by Gasteiger charge is -2.16. The quantitative estimate of drug-likeness (QED) is 0.653. The summed E-state index contributed by atoms with van der Waals surface area (Å²) in [5.41, 5.74) is 10.2. The second kappa shape index (κ2) is 8.29. The number of nitrogens with two attached hydrogens (primary N) is 1. The van der Waals surface area contributed by atoms with Crippen LogP contribution in [0.15, 0.2) is 42.9 Å². The highest BCUT2D eigenvalue weighted by atomic mass is 32.2. The molecule has 6 nitrogen and oxygen atoms in total. The number of H-pyrrole nitrogens is 1. The SMILES string of the molecule is CO[C@@H]1CN(Cc2c[nH]c3c(N)ncnc23)C[C@@H]1CSCc1ccccc1. The van der Waals surface area contributed by atoms with Crippen LogP contribution in [-0.4, -0.2) is 51.9 Å². The summed E-state index contributed by atoms with van der Waals surface area (Å²) >= 11 is 1.99. The number of hydrogen-bond donors (Lipinski definition) is 2. The van der Waals surface area contributed by atoms with Crippen LogP contribution in [0.3, 0.4) is 0 Å². The van der Waals surface area contributed by atoms with E-state index in [-0.39, 0.29) is 6.10 Å². The van der Waals surface area contributed by atoms with Gasteiger partial charge in [0.05, 0.1) is 11.6 Å². The number of nitrogens with one attached hydrogen (secondary N) is 1. The molecule has 27 heavy (non-hydrogen) atoms. The van der Waals surface area contributed by atoms with E-state index in [0.717, 1.165) is 47.7 Å². The molecule has 1 aliphatic rings. The Balaban J connectivity index is 1.36. The minimum absolute atomic E-state index is 0.276. The summed E-state index contributed by atoms with van der Waals surface area (Å²) in [4.78, 5) is 14.1. The Kier molecular flexibility index (Phi) is 5.61. The van der Waals surface area contributed by atoms with Crippen LogP contribution in [-0.2, 0) is 17.0 Å². The third-order valence-electron chi connectivity index (χ3n) is 5.17. The minimum Gasteiger partial charge on any atom is -0.382 e. The number of methoxy groups -OCH3 is 1. The van der Waals surface area contributed by atoms with Gasteiger partial charge in [0.1, 0.15) is 11.8 Å². The molecule has 0 amide bonds. The lowest BCUT2D eigenvalue weighted by molar-refractivity contribution is 0.0845. The number of ether oxygens (including phenoxy) is 1. The van der Waals surface area contributed by atoms with Crippen LogP contribution in [0.5, 0.6) is 0 Å². The molecule has 0 aliphatic carbocycles. The maximum Gasteiger partial charge on any atom is 0.151 e. The molecule has 3 heterocycles. The summed E-state index contributed by atoms with van der Waals surface area (Å²) in [6.07, 6.45) is 3.80. The fourth-order valence-corrected chi connectivity index (χ4v) is 4.93. The van der Waals surface area contributed by atoms with E-state index < -0.39 is 0 Å². The molecule has 4 rings (SSSR count). The second-order valence-corrected chi connectivity index (χ2v) is 8.06. The van der Waals surface area contributed by atoms with Crippen LogP contribution in [0, 0.1) is 5.92 Å². The summed E-state index contributed by atoms with van der Waals surface area (Å²) in [7, 11) is 1.82. The molecule has 3 aromatic rings. The molecule has 1 saturated heterocycles. The maximum absolute atomic E-state index is 5.93. The molecule has 1 fully saturated rings. The van der Waals surface area contributed by atoms with E-state index in [9.17, 15) is 0 Å². The van der Waals surface area contributed by atoms with Gasteiger partial charge in [0.2, 0.25) is 0 Å². The smallest absolute Gasteiger partial charge is 0.151 e. The Bertz CT molecular complexity index is 884. The summed E-state index contributed by atoms with van der Waals surface area (Å²) in [5, 5.41) is 0. The molecule has 1 aromatic carbocycles. The molecule has 0 saturated carbocycles. The van der Waals surface area contributed by atoms with Crippen molar-refractivity contribution in [2.75, 3.05) is 31.7 Å². The first-order valence-corrected chi connectivity index (χ1v) is 10.3. The van der Waals surface area contributed by atoms with Crippen molar-refractivity contribution in [1.29, 1.82) is 0 Å². The van der Waals surface area contributed by atoms with E-state index in [1.54, 1.807) is 0 Å². The van der Waals surface area contributed by atoms with Gasteiger partial charge in [-0.05, 0) is 5.56 Å². The molecule has 7 heteroatoms. The van der Waals surface area contributed by atoms with Gasteiger partial charge in [-0.2, -0.15) is 11.8 Å². The topological polar surface area (TPSA) is 80.1 Å². The van der Waals surface area contributed by atoms with E-state index in [2.05, 4.69) is 50.2 Å². The van der Waals surface area contributed by atoms with Crippen LogP contribution in [0.2, 0.25) is 0 Å². The first-order chi connectivity index (χ1) is 13.2. The standard InChI is InChI=1S/C20H25N5OS/c1-26-17-10-25(8-15-7-22-19-18(15)23-13-24-20(19)21)9-16(17)12-27-11-14-5-3-2-4-6-14/h2-7,13,16-17,22H,8-12H2,1H3,(H2,21,23,24)/t16-,17-/m1/s1. The highest BCUT2D eigenvalue weighted by molar-refractivity contribution is 7.98. The van der Waals surface area contributed by atoms with Crippen molar-refractivity contribution in [1.82, 2.24) is 19.9 Å². The monoisotopic (exact) mass is 383 g/mol. The number of nitrogens with zero attached hydrogens (tertiary/aromatic N) is 3. The zero-order valence-corrected chi connectivity index (χ0v) is 16.3. The Hall–Kier alpha value is -2.09. The first-order valence-electron chi connectivity index (χ1n) is 9.18. The lowest BCUT2D eigenvalue weighted by Crippen LogP contribution is -2.23. The van der Waals surface area contributed by atoms with Crippen molar-refractivity contribution in [2.45, 2.75) is 18.4 Å². The van der Waals surface area contributed by atoms with Crippen molar-refractivity contribution < 1.29 is 4.74 Å². The number of nitrogen functional groups attached to an aromatic ring is 1. The van der Waals surface area contributed by atoms with E-state index in [0.29, 0.717) is 11.7 Å². The summed E-state index contributed by atoms with van der Waals surface area (Å²) in [6, 6.07) is 10.6. The molecular formula is C20H25N5OS. The number of thioether (sulfide) groups is 1. The third-order valence-corrected chi connectivity index (χ3v) is 6.37. The van der Waals surface area contributed by atoms with E-state index in [1.165, 1.54) is 11.9 Å². The molecule has 2 atom stereocenters. The van der Waals surface area contributed by atoms with Gasteiger partial charge in [-0.15, -0.1) is 0 Å². The second-order valence-electron chi connectivity index (χ2n) is 7.03. The van der Waals surface area contributed by atoms with Gasteiger partial charge in [-0.3, -0.25) is 4.90 Å². The molecule has 1 aliphatic heterocycles. The molecule has 0 unspecified atom stereocenters. The molecular weight excluding hydrogens is 358 g/mol. The number of likely N-dealkylation sites (tertiary alicyclic amines) is 1. The van der Waals surface area contributed by atoms with Gasteiger partial charge in [-0.25, -0.2) is 9.97 Å². The van der Waals surface area contributed by atoms with Crippen molar-refractivity contribution in [3.05, 3.63) is 54.0 Å². The molecule has 0 bridgehead atoms. The van der Waals surface area contributed by atoms with Gasteiger partial charge in [0.15, 0.2) is 5.82 Å². The van der Waals surface area contributed by atoms with Gasteiger partial charge in [0.25, 0.3) is 0 Å². The van der Waals surface area contributed by atoms with E-state index in [4.69, 9.17) is 10.5 Å². The summed E-state index contributed by atoms with van der Waals surface area (Å²) in [5.74, 6) is 3.19. The average Bonchev–Trinajstić information content (AvgIpc) is 3.28. The molecule has 2 aromatic heterocycles. The van der Waals surface area contributed by atoms with Crippen molar-refractivity contribution >= 4 is 28.6 Å². The predicted molar refractivity (Wildman–Crippen MR) is 110 cm³/mol. The third kappa shape index (κ3) is 4.10. The Morgan fingerprint density at radius 3 is 2.93 bits per heavy atom. The van der Waals surface area contributed by atoms with Crippen LogP contribution in [0.25, 0.3) is 11.0 Å². The van der Waals surface area contributed by atoms with Crippen molar-refractivity contribution in [3.8, 4) is 0 Å². The first kappa shape index (κ1) is 18.3. The van der Waals surface area contributed by atoms with Crippen molar-refractivity contribution in [2.24, 2.45) is 5.92 Å². The number of benzene rings is 1. The zero-order valence-electron chi connectivity index (χ0n) is 15.5. The van der Waals surface area contributed by atoms with Crippen LogP contribution < -0.4 is 5.73 Å². The number of aromatic amines is 1. The van der Waals surface area contributed by atoms with Gasteiger partial charge < -0.3 is 15.5 Å². The van der Waals surface area contributed by atoms with E-state index in [1.807, 2.05) is 25.1 Å². The number of hydrogen-bond acceptors (Lipinski definition) is 6. The van der Waals surface area contributed by atoms with Gasteiger partial charge in [-0.1, -0.05) is 30.3 Å². The predicted octanol–water partition coefficient (Wildman–Crippen LogP) is 2.92. The Morgan fingerprint density at radius 2 is 2.11 bits per heavy atom. The fraction of sp³-hybridized carbons (Fsp3) is 0.400. The molecule has 3 N–H and O–H groups in total. The lowest BCUT2D eigenvalue weighted by atomic mass is 10.1. The molecule has 142 valence electrons. The highest BCUT2D eigenvalue weighted by Crippen LogP contribution is 2.28. The number of rotatable bonds is 7. The minimum atomic E-state index is 0.276. The van der Waals surface area contributed by atoms with Crippen LogP contribution in [0.1, 0.15) is 11.1 Å². The van der Waals surface area contributed by atoms with Crippen LogP contribution in [0.4, 0.5) is 5.82 Å². The van der Waals surface area contributed by atoms with E-state index >= 15 is 0 Å². The summed E-state index contributed by atoms with van der Waals surface area (Å²) < 4.78 is 5.77. The Morgan fingerprint density at radius 1 is 1.26 bits per heavy atom. The normalized spacial score (nSPS) is 20.5. The highest BCUT2D eigenvalue weighted by Gasteiger charge is 2.33. The fourth-order valence-electron chi connectivity index (χ4n) is 3.76. The molecule has 0 radical (unpaired) electrons. The Labute approximate surface area is 163 Å². The molecule has 0 spiro atoms. The summed E-state index contributed by atoms with van der Waals surface area (Å²) in [6.45, 7) is 2.82. The zero-order chi connectivity index (χ0) is 18.6. The van der Waals surface area contributed by atoms with Gasteiger partial charge >= 0.3 is 0 Å².